The van der Waals surface area contributed by atoms with E-state index in [-0.39, 0.29) is 10.8 Å². The molecule has 0 atom stereocenters. The molecule has 12 nitrogen and oxygen atoms in total. The average molecular weight is 645 g/mol. The molecule has 12 heteroatoms. The number of H-pyrrole nitrogens is 2. The smallest absolute Gasteiger partial charge is 0.0887 e. The van der Waals surface area contributed by atoms with E-state index >= 15 is 0 Å². The van der Waals surface area contributed by atoms with Crippen LogP contribution in [-0.2, 0) is 19.5 Å². The van der Waals surface area contributed by atoms with Crippen molar-refractivity contribution in [2.24, 2.45) is 21.7 Å². The molecule has 4 rings (SSSR count). The fourth-order valence-corrected chi connectivity index (χ4v) is 2.48. The molecule has 0 aliphatic rings. The van der Waals surface area contributed by atoms with Crippen molar-refractivity contribution in [3.8, 4) is 0 Å². The van der Waals surface area contributed by atoms with Crippen molar-refractivity contribution >= 4 is 0 Å². The Bertz CT molecular complexity index is 1040. The molecule has 0 radical (unpaired) electrons. The second kappa shape index (κ2) is 23.0. The summed E-state index contributed by atoms with van der Waals surface area (Å²) in [7, 11) is 0. The summed E-state index contributed by atoms with van der Waals surface area (Å²) in [6, 6.07) is 0. The highest BCUT2D eigenvalue weighted by Crippen LogP contribution is 2.18. The minimum Gasteiger partial charge on any atom is -0.252 e. The summed E-state index contributed by atoms with van der Waals surface area (Å²) in [6.07, 6.45) is 14.8. The van der Waals surface area contributed by atoms with Crippen LogP contribution in [0.2, 0.25) is 0 Å². The molecule has 4 aromatic rings. The lowest BCUT2D eigenvalue weighted by molar-refractivity contribution is 0.321. The van der Waals surface area contributed by atoms with Gasteiger partial charge in [-0.1, -0.05) is 140 Å². The molecule has 0 aromatic carbocycles. The Labute approximate surface area is 280 Å². The third-order valence-electron chi connectivity index (χ3n) is 5.59. The van der Waals surface area contributed by atoms with Gasteiger partial charge in [0.25, 0.3) is 0 Å². The minimum absolute atomic E-state index is 0.195. The Kier molecular flexibility index (Phi) is 22.3. The number of rotatable bonds is 4. The lowest BCUT2D eigenvalue weighted by atomic mass is 9.94. The minimum atomic E-state index is 0.195. The monoisotopic (exact) mass is 645 g/mol. The van der Waals surface area contributed by atoms with Crippen molar-refractivity contribution < 1.29 is 0 Å². The highest BCUT2D eigenvalue weighted by molar-refractivity contribution is 5.07. The summed E-state index contributed by atoms with van der Waals surface area (Å²) in [5, 5.41) is 35.4. The van der Waals surface area contributed by atoms with Crippen molar-refractivity contribution in [2.75, 3.05) is 0 Å². The van der Waals surface area contributed by atoms with Crippen molar-refractivity contribution in [3.63, 3.8) is 0 Å². The van der Waals surface area contributed by atoms with Crippen LogP contribution < -0.4 is 0 Å². The third kappa shape index (κ3) is 32.0. The number of aromatic amines is 2. The van der Waals surface area contributed by atoms with Gasteiger partial charge in [0.2, 0.25) is 0 Å². The standard InChI is InChI=1S/C15H26N6.2C6H14.C3H8.2C2H3N3/c1-14(2,3)10-20-8-12(16-18-20)7-13-9-21(19-17-13)11-15(4,5)6;2*1-5-6(2,3)4;1-3-2;2*1-2-4-5-3-1/h8-9H,7,10-11H2,1-6H3;2*5H2,1-4H3;3H2,1-2H3;2*1-2H,(H,3,4,5). The molecule has 0 unspecified atom stereocenters. The van der Waals surface area contributed by atoms with Gasteiger partial charge >= 0.3 is 0 Å². The normalized spacial score (nSPS) is 11.1. The maximum atomic E-state index is 4.22. The van der Waals surface area contributed by atoms with E-state index < -0.39 is 0 Å². The zero-order valence-electron chi connectivity index (χ0n) is 32.2. The highest BCUT2D eigenvalue weighted by Gasteiger charge is 2.15. The van der Waals surface area contributed by atoms with Crippen LogP contribution in [0.5, 0.6) is 0 Å². The largest absolute Gasteiger partial charge is 0.252 e. The molecular weight excluding hydrogens is 576 g/mol. The highest BCUT2D eigenvalue weighted by atomic mass is 15.4. The molecular formula is C34H68N12. The van der Waals surface area contributed by atoms with Crippen LogP contribution in [0.1, 0.15) is 141 Å². The van der Waals surface area contributed by atoms with Gasteiger partial charge in [-0.25, -0.2) is 0 Å². The van der Waals surface area contributed by atoms with Crippen molar-refractivity contribution in [3.05, 3.63) is 48.6 Å². The number of nitrogens with zero attached hydrogens (tertiary/aromatic N) is 10. The van der Waals surface area contributed by atoms with Gasteiger partial charge in [-0.3, -0.25) is 9.36 Å². The van der Waals surface area contributed by atoms with Crippen LogP contribution in [0.3, 0.4) is 0 Å². The molecule has 0 aliphatic carbocycles. The molecule has 0 spiro atoms. The molecule has 0 saturated heterocycles. The SMILES string of the molecule is CC(C)(C)Cn1cc(Cc2cn(CC(C)(C)C)nn2)nn1.CCC.CCC(C)(C)C.CCC(C)(C)C.c1cn[nH]n1.c1cn[nH]n1. The summed E-state index contributed by atoms with van der Waals surface area (Å²) in [5.74, 6) is 0. The molecule has 264 valence electrons. The fraction of sp³-hybridized carbons (Fsp3) is 0.765. The first-order chi connectivity index (χ1) is 21.1. The average Bonchev–Trinajstić information content (AvgIpc) is 3.74. The van der Waals surface area contributed by atoms with Gasteiger partial charge in [0.15, 0.2) is 0 Å². The molecule has 2 N–H and O–H groups in total. The first-order valence-electron chi connectivity index (χ1n) is 16.5. The van der Waals surface area contributed by atoms with Crippen LogP contribution in [-0.4, -0.2) is 60.8 Å². The molecule has 46 heavy (non-hydrogen) atoms. The van der Waals surface area contributed by atoms with Crippen LogP contribution in [0.4, 0.5) is 0 Å². The fourth-order valence-electron chi connectivity index (χ4n) is 2.48. The number of hydrogen-bond donors (Lipinski definition) is 2. The zero-order chi connectivity index (χ0) is 35.9. The predicted octanol–water partition coefficient (Wildman–Crippen LogP) is 8.46. The van der Waals surface area contributed by atoms with Gasteiger partial charge in [-0.2, -0.15) is 30.8 Å². The van der Waals surface area contributed by atoms with E-state index in [9.17, 15) is 0 Å². The van der Waals surface area contributed by atoms with Crippen LogP contribution in [0, 0.1) is 21.7 Å². The summed E-state index contributed by atoms with van der Waals surface area (Å²) in [4.78, 5) is 0. The Morgan fingerprint density at radius 1 is 0.500 bits per heavy atom. The van der Waals surface area contributed by atoms with Crippen molar-refractivity contribution in [2.45, 2.75) is 150 Å². The Morgan fingerprint density at radius 2 is 0.761 bits per heavy atom. The number of hydrogen-bond acceptors (Lipinski definition) is 8. The summed E-state index contributed by atoms with van der Waals surface area (Å²) < 4.78 is 3.80. The van der Waals surface area contributed by atoms with Gasteiger partial charge < -0.3 is 0 Å². The Morgan fingerprint density at radius 3 is 0.935 bits per heavy atom. The van der Waals surface area contributed by atoms with Crippen LogP contribution in [0.25, 0.3) is 0 Å². The first kappa shape index (κ1) is 44.7. The molecule has 0 aliphatic heterocycles. The number of nitrogens with one attached hydrogen (secondary N) is 2. The molecule has 0 amide bonds. The van der Waals surface area contributed by atoms with Gasteiger partial charge in [0.1, 0.15) is 0 Å². The number of aromatic nitrogens is 12. The third-order valence-corrected chi connectivity index (χ3v) is 5.59. The van der Waals surface area contributed by atoms with E-state index in [0.29, 0.717) is 17.3 Å². The first-order valence-corrected chi connectivity index (χ1v) is 16.5. The van der Waals surface area contributed by atoms with Crippen molar-refractivity contribution in [1.82, 2.24) is 60.8 Å². The Hall–Kier alpha value is -3.44. The van der Waals surface area contributed by atoms with Crippen LogP contribution >= 0.6 is 0 Å². The van der Waals surface area contributed by atoms with E-state index in [1.807, 2.05) is 21.8 Å². The van der Waals surface area contributed by atoms with E-state index in [0.717, 1.165) is 24.5 Å². The second-order valence-corrected chi connectivity index (χ2v) is 16.0. The lowest BCUT2D eigenvalue weighted by Crippen LogP contribution is -2.15. The lowest BCUT2D eigenvalue weighted by Gasteiger charge is -2.16. The van der Waals surface area contributed by atoms with Crippen LogP contribution in [0.15, 0.2) is 37.2 Å². The van der Waals surface area contributed by atoms with E-state index in [2.05, 4.69) is 162 Å². The summed E-state index contributed by atoms with van der Waals surface area (Å²) in [6.45, 7) is 37.0. The van der Waals surface area contributed by atoms with E-state index in [1.54, 1.807) is 24.8 Å². The molecule has 4 aromatic heterocycles. The summed E-state index contributed by atoms with van der Waals surface area (Å²) in [5.41, 5.74) is 3.34. The topological polar surface area (TPSA) is 145 Å². The second-order valence-electron chi connectivity index (χ2n) is 16.0. The van der Waals surface area contributed by atoms with Gasteiger partial charge in [0, 0.05) is 31.9 Å². The Balaban J connectivity index is 0. The quantitative estimate of drug-likeness (QED) is 0.225. The molecule has 0 fully saturated rings. The maximum Gasteiger partial charge on any atom is 0.0887 e. The molecule has 0 saturated carbocycles. The summed E-state index contributed by atoms with van der Waals surface area (Å²) >= 11 is 0. The van der Waals surface area contributed by atoms with E-state index in [4.69, 9.17) is 0 Å². The van der Waals surface area contributed by atoms with Crippen molar-refractivity contribution in [1.29, 1.82) is 0 Å². The molecule has 0 bridgehead atoms. The zero-order valence-corrected chi connectivity index (χ0v) is 32.2. The van der Waals surface area contributed by atoms with E-state index in [1.165, 1.54) is 19.3 Å². The van der Waals surface area contributed by atoms with Gasteiger partial charge in [-0.05, 0) is 21.7 Å². The van der Waals surface area contributed by atoms with Gasteiger partial charge in [-0.15, -0.1) is 10.2 Å². The maximum absolute atomic E-state index is 4.22. The predicted molar refractivity (Wildman–Crippen MR) is 190 cm³/mol. The molecule has 4 heterocycles. The van der Waals surface area contributed by atoms with Gasteiger partial charge in [0.05, 0.1) is 36.2 Å².